The molecule has 2 aromatic carbocycles. The highest BCUT2D eigenvalue weighted by atomic mass is 16.5. The van der Waals surface area contributed by atoms with E-state index in [9.17, 15) is 14.4 Å². The Morgan fingerprint density at radius 2 is 1.81 bits per heavy atom. The van der Waals surface area contributed by atoms with Crippen molar-refractivity contribution in [1.29, 1.82) is 0 Å². The second kappa shape index (κ2) is 8.06. The lowest BCUT2D eigenvalue weighted by Crippen LogP contribution is -2.69. The number of rotatable bonds is 6. The van der Waals surface area contributed by atoms with Crippen LogP contribution >= 0.6 is 0 Å². The first-order valence-corrected chi connectivity index (χ1v) is 10.4. The molecule has 31 heavy (non-hydrogen) atoms. The minimum Gasteiger partial charge on any atom is -0.496 e. The number of para-hydroxylation sites is 2. The molecule has 2 aliphatic rings. The summed E-state index contributed by atoms with van der Waals surface area (Å²) in [7, 11) is 1.55. The van der Waals surface area contributed by atoms with E-state index in [1.807, 2.05) is 32.0 Å². The molecule has 0 N–H and O–H groups in total. The summed E-state index contributed by atoms with van der Waals surface area (Å²) in [5, 5.41) is 0. The Labute approximate surface area is 181 Å². The van der Waals surface area contributed by atoms with Gasteiger partial charge in [0.25, 0.3) is 5.91 Å². The normalized spacial score (nSPS) is 20.0. The summed E-state index contributed by atoms with van der Waals surface area (Å²) in [5.41, 5.74) is 0.119. The first-order valence-electron chi connectivity index (χ1n) is 10.4. The molecular formula is C24H26N2O5. The molecule has 2 aliphatic heterocycles. The van der Waals surface area contributed by atoms with Crippen molar-refractivity contribution in [3.8, 4) is 5.75 Å². The summed E-state index contributed by atoms with van der Waals surface area (Å²) in [6, 6.07) is 14.2. The highest BCUT2D eigenvalue weighted by Crippen LogP contribution is 2.45. The number of hydrogen-bond acceptors (Lipinski definition) is 5. The van der Waals surface area contributed by atoms with Gasteiger partial charge in [0.1, 0.15) is 12.4 Å². The molecule has 162 valence electrons. The molecule has 7 nitrogen and oxygen atoms in total. The second-order valence-corrected chi connectivity index (χ2v) is 8.26. The zero-order chi connectivity index (χ0) is 22.2. The van der Waals surface area contributed by atoms with E-state index in [1.165, 1.54) is 9.80 Å². The lowest BCUT2D eigenvalue weighted by Gasteiger charge is -2.48. The van der Waals surface area contributed by atoms with Crippen molar-refractivity contribution >= 4 is 23.5 Å². The van der Waals surface area contributed by atoms with Gasteiger partial charge in [0.2, 0.25) is 11.6 Å². The van der Waals surface area contributed by atoms with Gasteiger partial charge in [-0.15, -0.1) is 0 Å². The van der Waals surface area contributed by atoms with Crippen molar-refractivity contribution in [1.82, 2.24) is 4.90 Å². The molecule has 0 radical (unpaired) electrons. The van der Waals surface area contributed by atoms with E-state index in [0.717, 1.165) is 0 Å². The van der Waals surface area contributed by atoms with E-state index in [1.54, 1.807) is 37.4 Å². The standard InChI is InChI=1S/C24H26N2O5/c1-16(2)14-25-22(28)18-9-5-6-10-19(18)26-21(27)12-13-24(25,26)23(29)31-15-17-8-4-7-11-20(17)30-3/h4-11,16H,12-15H2,1-3H3/t24-/m0/s1. The number of ether oxygens (including phenoxy) is 2. The third kappa shape index (κ3) is 3.34. The number of amides is 2. The molecule has 7 heteroatoms. The van der Waals surface area contributed by atoms with Gasteiger partial charge in [-0.2, -0.15) is 0 Å². The minimum absolute atomic E-state index is 0.0159. The van der Waals surface area contributed by atoms with Gasteiger partial charge >= 0.3 is 5.97 Å². The highest BCUT2D eigenvalue weighted by Gasteiger charge is 2.61. The quantitative estimate of drug-likeness (QED) is 0.667. The number of carbonyl (C=O) groups is 3. The number of esters is 1. The minimum atomic E-state index is -1.48. The van der Waals surface area contributed by atoms with Gasteiger partial charge < -0.3 is 14.4 Å². The van der Waals surface area contributed by atoms with Gasteiger partial charge in [-0.3, -0.25) is 14.5 Å². The molecular weight excluding hydrogens is 396 g/mol. The van der Waals surface area contributed by atoms with E-state index >= 15 is 0 Å². The van der Waals surface area contributed by atoms with Crippen LogP contribution in [0.5, 0.6) is 5.75 Å². The van der Waals surface area contributed by atoms with Gasteiger partial charge in [-0.25, -0.2) is 4.79 Å². The van der Waals surface area contributed by atoms with Crippen LogP contribution in [0.4, 0.5) is 5.69 Å². The first kappa shape index (κ1) is 20.9. The van der Waals surface area contributed by atoms with Gasteiger partial charge in [-0.05, 0) is 24.1 Å². The van der Waals surface area contributed by atoms with Gasteiger partial charge in [0, 0.05) is 24.9 Å². The summed E-state index contributed by atoms with van der Waals surface area (Å²) in [6.07, 6.45) is 0.364. The van der Waals surface area contributed by atoms with Crippen molar-refractivity contribution in [2.45, 2.75) is 39.0 Å². The van der Waals surface area contributed by atoms with Gasteiger partial charge in [0.15, 0.2) is 0 Å². The third-order valence-electron chi connectivity index (χ3n) is 5.80. The van der Waals surface area contributed by atoms with Crippen LogP contribution < -0.4 is 9.64 Å². The molecule has 2 amide bonds. The fraction of sp³-hybridized carbons (Fsp3) is 0.375. The molecule has 0 aromatic heterocycles. The van der Waals surface area contributed by atoms with Gasteiger partial charge in [0.05, 0.1) is 18.4 Å². The number of benzene rings is 2. The fourth-order valence-corrected chi connectivity index (χ4v) is 4.45. The summed E-state index contributed by atoms with van der Waals surface area (Å²) in [5.74, 6) is -0.345. The molecule has 2 aromatic rings. The number of fused-ring (bicyclic) bond motifs is 3. The topological polar surface area (TPSA) is 76.1 Å². The lowest BCUT2D eigenvalue weighted by molar-refractivity contribution is -0.159. The zero-order valence-electron chi connectivity index (χ0n) is 18.0. The molecule has 0 aliphatic carbocycles. The summed E-state index contributed by atoms with van der Waals surface area (Å²) in [4.78, 5) is 43.0. The maximum absolute atomic E-state index is 13.6. The van der Waals surface area contributed by atoms with E-state index < -0.39 is 11.6 Å². The average molecular weight is 422 g/mol. The van der Waals surface area contributed by atoms with Crippen LogP contribution in [0.25, 0.3) is 0 Å². The number of hydrogen-bond donors (Lipinski definition) is 0. The highest BCUT2D eigenvalue weighted by molar-refractivity contribution is 6.15. The van der Waals surface area contributed by atoms with Crippen LogP contribution in [0.15, 0.2) is 48.5 Å². The predicted octanol–water partition coefficient (Wildman–Crippen LogP) is 3.37. The number of anilines is 1. The molecule has 1 atom stereocenters. The maximum Gasteiger partial charge on any atom is 0.354 e. The van der Waals surface area contributed by atoms with Crippen molar-refractivity contribution in [3.63, 3.8) is 0 Å². The molecule has 0 saturated carbocycles. The predicted molar refractivity (Wildman–Crippen MR) is 115 cm³/mol. The van der Waals surface area contributed by atoms with Crippen LogP contribution in [0.1, 0.15) is 42.6 Å². The Hall–Kier alpha value is -3.35. The van der Waals surface area contributed by atoms with E-state index in [4.69, 9.17) is 9.47 Å². The maximum atomic E-state index is 13.6. The molecule has 4 rings (SSSR count). The Morgan fingerprint density at radius 3 is 2.55 bits per heavy atom. The van der Waals surface area contributed by atoms with Crippen molar-refractivity contribution in [2.75, 3.05) is 18.6 Å². The number of nitrogens with zero attached hydrogens (tertiary/aromatic N) is 2. The van der Waals surface area contributed by atoms with E-state index in [-0.39, 0.29) is 37.2 Å². The largest absolute Gasteiger partial charge is 0.496 e. The zero-order valence-corrected chi connectivity index (χ0v) is 18.0. The molecule has 1 fully saturated rings. The molecule has 0 bridgehead atoms. The molecule has 1 saturated heterocycles. The van der Waals surface area contributed by atoms with Crippen molar-refractivity contribution in [2.24, 2.45) is 5.92 Å². The van der Waals surface area contributed by atoms with Crippen molar-refractivity contribution < 1.29 is 23.9 Å². The SMILES string of the molecule is COc1ccccc1COC(=O)[C@]12CCC(=O)N1c1ccccc1C(=O)N2CC(C)C. The van der Waals surface area contributed by atoms with Crippen LogP contribution in [0.2, 0.25) is 0 Å². The molecule has 0 unspecified atom stereocenters. The van der Waals surface area contributed by atoms with Crippen LogP contribution in [-0.4, -0.2) is 42.0 Å². The summed E-state index contributed by atoms with van der Waals surface area (Å²) < 4.78 is 11.1. The smallest absolute Gasteiger partial charge is 0.354 e. The first-order chi connectivity index (χ1) is 14.9. The Kier molecular flexibility index (Phi) is 5.43. The summed E-state index contributed by atoms with van der Waals surface area (Å²) >= 11 is 0. The van der Waals surface area contributed by atoms with Crippen LogP contribution in [0.3, 0.4) is 0 Å². The van der Waals surface area contributed by atoms with E-state index in [2.05, 4.69) is 0 Å². The Balaban J connectivity index is 1.75. The number of carbonyl (C=O) groups excluding carboxylic acids is 3. The molecule has 0 spiro atoms. The second-order valence-electron chi connectivity index (χ2n) is 8.26. The molecule has 2 heterocycles. The Morgan fingerprint density at radius 1 is 1.10 bits per heavy atom. The fourth-order valence-electron chi connectivity index (χ4n) is 4.45. The van der Waals surface area contributed by atoms with Gasteiger partial charge in [-0.1, -0.05) is 44.2 Å². The number of methoxy groups -OCH3 is 1. The monoisotopic (exact) mass is 422 g/mol. The van der Waals surface area contributed by atoms with Crippen molar-refractivity contribution in [3.05, 3.63) is 59.7 Å². The summed E-state index contributed by atoms with van der Waals surface area (Å²) in [6.45, 7) is 4.27. The van der Waals surface area contributed by atoms with Crippen LogP contribution in [-0.2, 0) is 20.9 Å². The Bertz CT molecular complexity index is 1030. The third-order valence-corrected chi connectivity index (χ3v) is 5.80. The lowest BCUT2D eigenvalue weighted by atomic mass is 9.95. The van der Waals surface area contributed by atoms with E-state index in [0.29, 0.717) is 29.1 Å². The average Bonchev–Trinajstić information content (AvgIpc) is 3.13. The van der Waals surface area contributed by atoms with Crippen LogP contribution in [0, 0.1) is 5.92 Å².